The number of anilines is 1. The lowest BCUT2D eigenvalue weighted by molar-refractivity contribution is -0.141. The fraction of sp³-hybridized carbons (Fsp3) is 0.300. The number of nitrogens with zero attached hydrogens (tertiary/aromatic N) is 3. The first-order chi connectivity index (χ1) is 7.61. The molecule has 0 amide bonds. The van der Waals surface area contributed by atoms with Crippen LogP contribution >= 0.6 is 0 Å². The number of hydrogen-bond acceptors (Lipinski definition) is 5. The summed E-state index contributed by atoms with van der Waals surface area (Å²) in [6, 6.07) is 3.67. The molecule has 2 N–H and O–H groups in total. The Morgan fingerprint density at radius 2 is 2.25 bits per heavy atom. The molecule has 0 aliphatic carbocycles. The second-order valence-electron chi connectivity index (χ2n) is 3.43. The Morgan fingerprint density at radius 3 is 2.94 bits per heavy atom. The van der Waals surface area contributed by atoms with Gasteiger partial charge < -0.3 is 10.5 Å². The number of rotatable bonds is 2. The Labute approximate surface area is 92.0 Å². The molecule has 0 aliphatic rings. The van der Waals surface area contributed by atoms with Crippen LogP contribution in [0.2, 0.25) is 0 Å². The van der Waals surface area contributed by atoms with Gasteiger partial charge in [-0.2, -0.15) is 0 Å². The number of aromatic nitrogens is 3. The maximum atomic E-state index is 11.2. The number of nitrogens with two attached hydrogens (primary N) is 1. The Morgan fingerprint density at radius 1 is 1.50 bits per heavy atom. The fourth-order valence-corrected chi connectivity index (χ4v) is 1.46. The number of carbonyl (C=O) groups is 1. The highest BCUT2D eigenvalue weighted by atomic mass is 16.5. The van der Waals surface area contributed by atoms with Crippen LogP contribution < -0.4 is 5.73 Å². The van der Waals surface area contributed by atoms with Crippen molar-refractivity contribution in [3.63, 3.8) is 0 Å². The minimum Gasteiger partial charge on any atom is -0.468 e. The number of fused-ring (bicyclic) bond motifs is 1. The average molecular weight is 220 g/mol. The van der Waals surface area contributed by atoms with Gasteiger partial charge in [-0.05, 0) is 19.1 Å². The summed E-state index contributed by atoms with van der Waals surface area (Å²) in [6.45, 7) is 1.89. The van der Waals surface area contributed by atoms with Crippen LogP contribution in [0.5, 0.6) is 0 Å². The fourth-order valence-electron chi connectivity index (χ4n) is 1.46. The summed E-state index contributed by atoms with van der Waals surface area (Å²) < 4.78 is 6.12. The summed E-state index contributed by atoms with van der Waals surface area (Å²) >= 11 is 0. The van der Waals surface area contributed by atoms with Gasteiger partial charge in [0.1, 0.15) is 12.1 Å². The maximum absolute atomic E-state index is 11.2. The second kappa shape index (κ2) is 3.80. The third-order valence-electron chi connectivity index (χ3n) is 2.28. The third-order valence-corrected chi connectivity index (χ3v) is 2.28. The first-order valence-corrected chi connectivity index (χ1v) is 4.78. The van der Waals surface area contributed by atoms with Crippen LogP contribution in [0.3, 0.4) is 0 Å². The van der Waals surface area contributed by atoms with Gasteiger partial charge in [0.05, 0.1) is 7.11 Å². The summed E-state index contributed by atoms with van der Waals surface area (Å²) in [6.07, 6.45) is 0. The van der Waals surface area contributed by atoms with Crippen molar-refractivity contribution in [3.8, 4) is 0 Å². The van der Waals surface area contributed by atoms with E-state index in [0.29, 0.717) is 11.2 Å². The van der Waals surface area contributed by atoms with Crippen LogP contribution in [-0.2, 0) is 16.1 Å². The Hall–Kier alpha value is -2.11. The van der Waals surface area contributed by atoms with Crippen molar-refractivity contribution >= 4 is 23.1 Å². The normalized spacial score (nSPS) is 10.6. The van der Waals surface area contributed by atoms with Gasteiger partial charge >= 0.3 is 5.97 Å². The molecular weight excluding hydrogens is 208 g/mol. The van der Waals surface area contributed by atoms with Crippen molar-refractivity contribution in [2.75, 3.05) is 12.8 Å². The van der Waals surface area contributed by atoms with E-state index >= 15 is 0 Å². The Kier molecular flexibility index (Phi) is 2.47. The summed E-state index contributed by atoms with van der Waals surface area (Å²) in [5.41, 5.74) is 7.83. The number of methoxy groups -OCH3 is 1. The lowest BCUT2D eigenvalue weighted by Gasteiger charge is -2.03. The van der Waals surface area contributed by atoms with Crippen molar-refractivity contribution < 1.29 is 9.53 Å². The van der Waals surface area contributed by atoms with Gasteiger partial charge in [0.25, 0.3) is 0 Å². The Balaban J connectivity index is 2.54. The number of imidazole rings is 1. The minimum atomic E-state index is -0.380. The second-order valence-corrected chi connectivity index (χ2v) is 3.43. The van der Waals surface area contributed by atoms with E-state index in [-0.39, 0.29) is 18.5 Å². The van der Waals surface area contributed by atoms with Crippen molar-refractivity contribution in [1.82, 2.24) is 14.5 Å². The van der Waals surface area contributed by atoms with E-state index in [1.807, 2.05) is 19.1 Å². The highest BCUT2D eigenvalue weighted by Gasteiger charge is 2.12. The smallest absolute Gasteiger partial charge is 0.325 e. The molecule has 0 saturated carbocycles. The molecule has 2 rings (SSSR count). The molecule has 84 valence electrons. The van der Waals surface area contributed by atoms with E-state index in [0.717, 1.165) is 5.69 Å². The number of ether oxygens (including phenoxy) is 1. The van der Waals surface area contributed by atoms with Crippen LogP contribution in [0.1, 0.15) is 5.69 Å². The molecule has 0 atom stereocenters. The molecule has 0 aliphatic heterocycles. The summed E-state index contributed by atoms with van der Waals surface area (Å²) in [5.74, 6) is -0.118. The van der Waals surface area contributed by atoms with Crippen molar-refractivity contribution in [2.24, 2.45) is 0 Å². The number of aryl methyl sites for hydroxylation is 1. The predicted molar refractivity (Wildman–Crippen MR) is 58.7 cm³/mol. The molecule has 6 heteroatoms. The van der Waals surface area contributed by atoms with Gasteiger partial charge in [-0.25, -0.2) is 9.97 Å². The Bertz CT molecular complexity index is 547. The van der Waals surface area contributed by atoms with E-state index in [9.17, 15) is 4.79 Å². The van der Waals surface area contributed by atoms with Crippen molar-refractivity contribution in [3.05, 3.63) is 17.8 Å². The molecule has 2 heterocycles. The van der Waals surface area contributed by atoms with Gasteiger partial charge in [0, 0.05) is 5.69 Å². The SMILES string of the molecule is COC(=O)Cn1c(N)nc2ccc(C)nc21. The van der Waals surface area contributed by atoms with Gasteiger partial charge in [-0.3, -0.25) is 9.36 Å². The van der Waals surface area contributed by atoms with Gasteiger partial charge in [0.15, 0.2) is 5.65 Å². The number of esters is 1. The quantitative estimate of drug-likeness (QED) is 0.745. The molecule has 0 saturated heterocycles. The van der Waals surface area contributed by atoms with E-state index in [4.69, 9.17) is 5.73 Å². The molecule has 0 spiro atoms. The van der Waals surface area contributed by atoms with Gasteiger partial charge in [0.2, 0.25) is 5.95 Å². The molecule has 0 aromatic carbocycles. The topological polar surface area (TPSA) is 83.0 Å². The molecule has 2 aromatic heterocycles. The molecule has 0 radical (unpaired) electrons. The summed E-state index contributed by atoms with van der Waals surface area (Å²) in [4.78, 5) is 19.6. The number of nitrogen functional groups attached to an aromatic ring is 1. The van der Waals surface area contributed by atoms with E-state index in [1.54, 1.807) is 0 Å². The average Bonchev–Trinajstić information content (AvgIpc) is 2.55. The first-order valence-electron chi connectivity index (χ1n) is 4.78. The van der Waals surface area contributed by atoms with E-state index in [1.165, 1.54) is 11.7 Å². The van der Waals surface area contributed by atoms with Gasteiger partial charge in [-0.15, -0.1) is 0 Å². The first kappa shape index (κ1) is 10.4. The highest BCUT2D eigenvalue weighted by Crippen LogP contribution is 2.16. The molecule has 16 heavy (non-hydrogen) atoms. The minimum absolute atomic E-state index is 0.0231. The van der Waals surface area contributed by atoms with Crippen molar-refractivity contribution in [2.45, 2.75) is 13.5 Å². The van der Waals surface area contributed by atoms with Crippen LogP contribution in [0.25, 0.3) is 11.2 Å². The van der Waals surface area contributed by atoms with Crippen molar-refractivity contribution in [1.29, 1.82) is 0 Å². The van der Waals surface area contributed by atoms with Crippen LogP contribution in [0.4, 0.5) is 5.95 Å². The zero-order chi connectivity index (χ0) is 11.7. The van der Waals surface area contributed by atoms with Gasteiger partial charge in [-0.1, -0.05) is 0 Å². The number of carbonyl (C=O) groups excluding carboxylic acids is 1. The lowest BCUT2D eigenvalue weighted by atomic mass is 10.3. The molecule has 6 nitrogen and oxygen atoms in total. The standard InChI is InChI=1S/C10H12N4O2/c1-6-3-4-7-9(12-6)14(10(11)13-7)5-8(15)16-2/h3-4H,5H2,1-2H3,(H2,11,13). The lowest BCUT2D eigenvalue weighted by Crippen LogP contribution is -2.14. The van der Waals surface area contributed by atoms with E-state index < -0.39 is 0 Å². The van der Waals surface area contributed by atoms with E-state index in [2.05, 4.69) is 14.7 Å². The molecule has 0 fully saturated rings. The zero-order valence-corrected chi connectivity index (χ0v) is 9.10. The number of pyridine rings is 1. The van der Waals surface area contributed by atoms with Crippen LogP contribution in [0.15, 0.2) is 12.1 Å². The third kappa shape index (κ3) is 1.69. The summed E-state index contributed by atoms with van der Waals surface area (Å²) in [5, 5.41) is 0. The molecule has 0 bridgehead atoms. The van der Waals surface area contributed by atoms with Crippen LogP contribution in [0, 0.1) is 6.92 Å². The largest absolute Gasteiger partial charge is 0.468 e. The molecule has 0 unspecified atom stereocenters. The number of hydrogen-bond donors (Lipinski definition) is 1. The summed E-state index contributed by atoms with van der Waals surface area (Å²) in [7, 11) is 1.33. The maximum Gasteiger partial charge on any atom is 0.325 e. The molecular formula is C10H12N4O2. The highest BCUT2D eigenvalue weighted by molar-refractivity contribution is 5.78. The zero-order valence-electron chi connectivity index (χ0n) is 9.10. The molecule has 2 aromatic rings. The predicted octanol–water partition coefficient (Wildman–Crippen LogP) is 0.495. The monoisotopic (exact) mass is 220 g/mol. The van der Waals surface area contributed by atoms with Crippen LogP contribution in [-0.4, -0.2) is 27.6 Å².